The minimum Gasteiger partial charge on any atom is -0.453 e. The molecule has 0 spiro atoms. The van der Waals surface area contributed by atoms with Crippen LogP contribution in [0, 0.1) is 5.92 Å². The second kappa shape index (κ2) is 8.22. The van der Waals surface area contributed by atoms with Crippen molar-refractivity contribution in [1.29, 1.82) is 0 Å². The summed E-state index contributed by atoms with van der Waals surface area (Å²) in [6.07, 6.45) is -3.42. The molecule has 15 heteroatoms. The molecular weight excluding hydrogens is 489 g/mol. The number of hydrogen-bond donors (Lipinski definition) is 1. The first-order valence-corrected chi connectivity index (χ1v) is 14.5. The lowest BCUT2D eigenvalue weighted by Crippen LogP contribution is -2.48. The van der Waals surface area contributed by atoms with Crippen molar-refractivity contribution in [1.82, 2.24) is 9.55 Å². The molecule has 10 nitrogen and oxygen atoms in total. The Morgan fingerprint density at radius 3 is 2.45 bits per heavy atom. The van der Waals surface area contributed by atoms with E-state index < -0.39 is 59.8 Å². The van der Waals surface area contributed by atoms with Crippen LogP contribution in [0.25, 0.3) is 0 Å². The van der Waals surface area contributed by atoms with E-state index in [-0.39, 0.29) is 17.7 Å². The number of aliphatic hydroxyl groups excluding tert-OH is 1. The van der Waals surface area contributed by atoms with Crippen LogP contribution >= 0.6 is 0 Å². The summed E-state index contributed by atoms with van der Waals surface area (Å²) >= 11 is 0. The molecule has 1 aromatic rings. The molecule has 0 unspecified atom stereocenters. The molecule has 3 rings (SSSR count). The van der Waals surface area contributed by atoms with Crippen molar-refractivity contribution in [3.8, 4) is 11.8 Å². The normalized spacial score (nSPS) is 25.7. The number of rotatable bonds is 7. The highest BCUT2D eigenvalue weighted by atomic mass is 32.2. The van der Waals surface area contributed by atoms with Gasteiger partial charge in [-0.2, -0.15) is 26.6 Å². The number of aromatic nitrogens is 2. The number of halogens is 3. The minimum absolute atomic E-state index is 0.0433. The van der Waals surface area contributed by atoms with E-state index in [1.807, 2.05) is 0 Å². The lowest BCUT2D eigenvalue weighted by Gasteiger charge is -2.43. The van der Waals surface area contributed by atoms with E-state index in [9.17, 15) is 31.5 Å². The number of aliphatic hydroxyl groups is 1. The van der Waals surface area contributed by atoms with Gasteiger partial charge in [-0.05, 0) is 24.1 Å². The molecule has 33 heavy (non-hydrogen) atoms. The standard InChI is InChI=1S/C18H27F3N2O8SSi/c1-9(2)17(3,4)33(5,6)28-8-11-12(24)13-15(29-11)23-7-10(14(25)22-16(23)30-13)31-32(26,27)18(19,20)21/h7,9,11-13,15,24H,8H2,1-6H3/t11-,12-,13+,15-/m1/s1. The summed E-state index contributed by atoms with van der Waals surface area (Å²) < 4.78 is 82.8. The van der Waals surface area contributed by atoms with E-state index in [0.717, 1.165) is 4.57 Å². The van der Waals surface area contributed by atoms with Crippen LogP contribution in [0.4, 0.5) is 13.2 Å². The van der Waals surface area contributed by atoms with Gasteiger partial charge in [-0.3, -0.25) is 9.36 Å². The fraction of sp³-hybridized carbons (Fsp3) is 0.778. The third kappa shape index (κ3) is 4.52. The molecule has 0 bridgehead atoms. The number of ether oxygens (including phenoxy) is 2. The average molecular weight is 517 g/mol. The van der Waals surface area contributed by atoms with E-state index in [0.29, 0.717) is 12.1 Å². The molecule has 2 aliphatic rings. The molecule has 4 atom stereocenters. The van der Waals surface area contributed by atoms with E-state index in [2.05, 4.69) is 50.0 Å². The zero-order chi connectivity index (χ0) is 25.1. The lowest BCUT2D eigenvalue weighted by atomic mass is 9.99. The number of nitrogens with zero attached hydrogens (tertiary/aromatic N) is 2. The zero-order valence-corrected chi connectivity index (χ0v) is 20.7. The Morgan fingerprint density at radius 2 is 1.91 bits per heavy atom. The van der Waals surface area contributed by atoms with Crippen LogP contribution in [0.3, 0.4) is 0 Å². The van der Waals surface area contributed by atoms with Gasteiger partial charge < -0.3 is 23.2 Å². The van der Waals surface area contributed by atoms with Crippen molar-refractivity contribution < 1.29 is 44.8 Å². The van der Waals surface area contributed by atoms with Gasteiger partial charge in [0.15, 0.2) is 20.6 Å². The topological polar surface area (TPSA) is 126 Å². The van der Waals surface area contributed by atoms with Crippen molar-refractivity contribution in [2.75, 3.05) is 6.61 Å². The quantitative estimate of drug-likeness (QED) is 0.330. The van der Waals surface area contributed by atoms with Gasteiger partial charge in [0.1, 0.15) is 12.2 Å². The summed E-state index contributed by atoms with van der Waals surface area (Å²) in [5.74, 6) is -0.831. The van der Waals surface area contributed by atoms with Gasteiger partial charge in [0.25, 0.3) is 0 Å². The third-order valence-electron chi connectivity index (χ3n) is 6.80. The van der Waals surface area contributed by atoms with Gasteiger partial charge in [0.05, 0.1) is 12.8 Å². The monoisotopic (exact) mass is 516 g/mol. The molecule has 0 saturated carbocycles. The summed E-state index contributed by atoms with van der Waals surface area (Å²) in [6, 6.07) is -0.346. The van der Waals surface area contributed by atoms with Crippen molar-refractivity contribution in [2.24, 2.45) is 5.92 Å². The maximum absolute atomic E-state index is 12.6. The molecule has 0 amide bonds. The zero-order valence-electron chi connectivity index (χ0n) is 18.9. The summed E-state index contributed by atoms with van der Waals surface area (Å²) in [6.45, 7) is 12.6. The highest BCUT2D eigenvalue weighted by Crippen LogP contribution is 2.45. The summed E-state index contributed by atoms with van der Waals surface area (Å²) in [5, 5.41) is 10.6. The highest BCUT2D eigenvalue weighted by molar-refractivity contribution is 7.88. The Bertz CT molecular complexity index is 1070. The van der Waals surface area contributed by atoms with Crippen LogP contribution in [-0.2, 0) is 19.3 Å². The number of fused-ring (bicyclic) bond motifs is 3. The summed E-state index contributed by atoms with van der Waals surface area (Å²) in [5.41, 5.74) is -7.11. The summed E-state index contributed by atoms with van der Waals surface area (Å²) in [7, 11) is -8.33. The van der Waals surface area contributed by atoms with Crippen LogP contribution in [0.2, 0.25) is 18.1 Å². The lowest BCUT2D eigenvalue weighted by molar-refractivity contribution is -0.0502. The van der Waals surface area contributed by atoms with Crippen molar-refractivity contribution >= 4 is 18.4 Å². The Hall–Kier alpha value is -1.68. The smallest absolute Gasteiger partial charge is 0.453 e. The number of hydrogen-bond acceptors (Lipinski definition) is 9. The summed E-state index contributed by atoms with van der Waals surface area (Å²) in [4.78, 5) is 15.3. The van der Waals surface area contributed by atoms with Crippen LogP contribution in [-0.4, -0.2) is 61.8 Å². The van der Waals surface area contributed by atoms with Crippen LogP contribution in [0.15, 0.2) is 11.0 Å². The van der Waals surface area contributed by atoms with Crippen molar-refractivity contribution in [2.45, 2.75) is 75.9 Å². The van der Waals surface area contributed by atoms with Gasteiger partial charge >= 0.3 is 27.2 Å². The van der Waals surface area contributed by atoms with Crippen molar-refractivity contribution in [3.63, 3.8) is 0 Å². The van der Waals surface area contributed by atoms with E-state index >= 15 is 0 Å². The first-order chi connectivity index (χ1) is 14.9. The van der Waals surface area contributed by atoms with Crippen molar-refractivity contribution in [3.05, 3.63) is 16.6 Å². The Kier molecular flexibility index (Phi) is 6.46. The molecule has 1 saturated heterocycles. The molecule has 0 aliphatic carbocycles. The predicted octanol–water partition coefficient (Wildman–Crippen LogP) is 2.15. The molecule has 188 valence electrons. The minimum atomic E-state index is -6.08. The molecule has 3 heterocycles. The second-order valence-electron chi connectivity index (χ2n) is 9.42. The van der Waals surface area contributed by atoms with Crippen LogP contribution in [0.5, 0.6) is 11.8 Å². The maximum Gasteiger partial charge on any atom is 0.534 e. The fourth-order valence-electron chi connectivity index (χ4n) is 3.43. The number of alkyl halides is 3. The molecule has 0 radical (unpaired) electrons. The van der Waals surface area contributed by atoms with Crippen LogP contribution < -0.4 is 14.5 Å². The van der Waals surface area contributed by atoms with Crippen LogP contribution in [0.1, 0.15) is 33.9 Å². The highest BCUT2D eigenvalue weighted by Gasteiger charge is 2.53. The Balaban J connectivity index is 1.79. The fourth-order valence-corrected chi connectivity index (χ4v) is 6.22. The predicted molar refractivity (Wildman–Crippen MR) is 111 cm³/mol. The molecule has 2 aliphatic heterocycles. The Labute approximate surface area is 189 Å². The van der Waals surface area contributed by atoms with E-state index in [4.69, 9.17) is 13.9 Å². The first kappa shape index (κ1) is 25.9. The second-order valence-corrected chi connectivity index (χ2v) is 15.6. The SMILES string of the molecule is CC(C)C(C)(C)[Si](C)(C)OC[C@H]1O[C@@H]2[C@@H](Oc3nc(=O)c(OS(=O)(=O)C(F)(F)F)cn32)[C@@H]1O. The average Bonchev–Trinajstić information content (AvgIpc) is 3.15. The van der Waals surface area contributed by atoms with E-state index in [1.54, 1.807) is 0 Å². The molecular formula is C18H27F3N2O8SSi. The molecule has 1 fully saturated rings. The van der Waals surface area contributed by atoms with Gasteiger partial charge in [-0.25, -0.2) is 0 Å². The van der Waals surface area contributed by atoms with Gasteiger partial charge in [0.2, 0.25) is 5.75 Å². The maximum atomic E-state index is 12.6. The molecule has 0 aromatic carbocycles. The molecule has 1 N–H and O–H groups in total. The van der Waals surface area contributed by atoms with Gasteiger partial charge in [-0.15, -0.1) is 0 Å². The third-order valence-corrected chi connectivity index (χ3v) is 12.3. The first-order valence-electron chi connectivity index (χ1n) is 10.2. The van der Waals surface area contributed by atoms with Gasteiger partial charge in [-0.1, -0.05) is 27.7 Å². The van der Waals surface area contributed by atoms with Gasteiger partial charge in [0, 0.05) is 0 Å². The molecule has 1 aromatic heterocycles. The van der Waals surface area contributed by atoms with E-state index in [1.165, 1.54) is 0 Å². The largest absolute Gasteiger partial charge is 0.534 e. The Morgan fingerprint density at radius 1 is 1.30 bits per heavy atom.